The molecule has 1 aromatic carbocycles. The highest BCUT2D eigenvalue weighted by Gasteiger charge is 2.13. The molecule has 0 saturated heterocycles. The Morgan fingerprint density at radius 3 is 2.60 bits per heavy atom. The second-order valence-electron chi connectivity index (χ2n) is 4.56. The Balaban J connectivity index is 2.04. The van der Waals surface area contributed by atoms with E-state index in [-0.39, 0.29) is 11.9 Å². The summed E-state index contributed by atoms with van der Waals surface area (Å²) in [5, 5.41) is 7.81. The number of carbonyl (C=O) groups excluding carboxylic acids is 1. The Hall–Kier alpha value is -1.59. The minimum absolute atomic E-state index is 0.0944. The molecule has 20 heavy (non-hydrogen) atoms. The molecule has 0 radical (unpaired) electrons. The first-order chi connectivity index (χ1) is 9.47. The van der Waals surface area contributed by atoms with Crippen LogP contribution in [0.1, 0.15) is 22.8 Å². The summed E-state index contributed by atoms with van der Waals surface area (Å²) in [5.41, 5.74) is 1.21. The number of nitrogens with one attached hydrogen (secondary N) is 1. The predicted molar refractivity (Wildman–Crippen MR) is 78.1 cm³/mol. The summed E-state index contributed by atoms with van der Waals surface area (Å²) < 4.78 is 1.65. The van der Waals surface area contributed by atoms with Crippen LogP contribution in [0.3, 0.4) is 0 Å². The number of hydrogen-bond donors (Lipinski definition) is 1. The van der Waals surface area contributed by atoms with Gasteiger partial charge in [-0.25, -0.2) is 4.98 Å². The predicted octanol–water partition coefficient (Wildman–Crippen LogP) is 2.71. The Morgan fingerprint density at radius 1 is 1.40 bits per heavy atom. The van der Waals surface area contributed by atoms with Gasteiger partial charge in [-0.05, 0) is 31.5 Å². The van der Waals surface area contributed by atoms with Crippen LogP contribution in [0.5, 0.6) is 0 Å². The van der Waals surface area contributed by atoms with Gasteiger partial charge in [0, 0.05) is 21.7 Å². The Labute approximate surface area is 126 Å². The first kappa shape index (κ1) is 14.8. The van der Waals surface area contributed by atoms with E-state index in [1.165, 1.54) is 6.33 Å². The molecule has 0 spiro atoms. The van der Waals surface area contributed by atoms with Crippen molar-refractivity contribution >= 4 is 29.1 Å². The molecule has 0 aliphatic rings. The topological polar surface area (TPSA) is 59.8 Å². The SMILES string of the molecule is Cc1c(Cl)cc(C(=O)N[C@H](C)Cn2cncn2)cc1Cl. The standard InChI is InChI=1S/C13H14Cl2N4O/c1-8(5-19-7-16-6-17-19)18-13(20)10-3-11(14)9(2)12(15)4-10/h3-4,6-8H,5H2,1-2H3,(H,18,20)/t8-/m1/s1. The molecular weight excluding hydrogens is 299 g/mol. The third-order valence-corrected chi connectivity index (χ3v) is 3.63. The molecule has 7 heteroatoms. The molecule has 106 valence electrons. The average molecular weight is 313 g/mol. The summed E-state index contributed by atoms with van der Waals surface area (Å²) in [6.07, 6.45) is 3.05. The number of halogens is 2. The fourth-order valence-corrected chi connectivity index (χ4v) is 2.22. The molecule has 1 heterocycles. The van der Waals surface area contributed by atoms with Gasteiger partial charge in [-0.3, -0.25) is 9.48 Å². The van der Waals surface area contributed by atoms with Gasteiger partial charge in [-0.15, -0.1) is 0 Å². The van der Waals surface area contributed by atoms with E-state index in [9.17, 15) is 4.79 Å². The summed E-state index contributed by atoms with van der Waals surface area (Å²) in [5.74, 6) is -0.221. The van der Waals surface area contributed by atoms with E-state index in [2.05, 4.69) is 15.4 Å². The molecule has 0 aliphatic carbocycles. The summed E-state index contributed by atoms with van der Waals surface area (Å²) in [4.78, 5) is 16.0. The number of nitrogens with zero attached hydrogens (tertiary/aromatic N) is 3. The van der Waals surface area contributed by atoms with E-state index >= 15 is 0 Å². The minimum Gasteiger partial charge on any atom is -0.348 e. The summed E-state index contributed by atoms with van der Waals surface area (Å²) >= 11 is 12.1. The van der Waals surface area contributed by atoms with E-state index in [0.29, 0.717) is 22.2 Å². The van der Waals surface area contributed by atoms with Crippen LogP contribution in [0.25, 0.3) is 0 Å². The Bertz CT molecular complexity index is 590. The van der Waals surface area contributed by atoms with Crippen LogP contribution < -0.4 is 5.32 Å². The lowest BCUT2D eigenvalue weighted by Gasteiger charge is -2.14. The molecule has 1 aromatic heterocycles. The normalized spacial score (nSPS) is 12.2. The third-order valence-electron chi connectivity index (χ3n) is 2.85. The van der Waals surface area contributed by atoms with Crippen molar-refractivity contribution in [3.63, 3.8) is 0 Å². The fourth-order valence-electron chi connectivity index (χ4n) is 1.74. The van der Waals surface area contributed by atoms with Gasteiger partial charge in [0.05, 0.1) is 6.54 Å². The monoisotopic (exact) mass is 312 g/mol. The van der Waals surface area contributed by atoms with Crippen molar-refractivity contribution in [2.75, 3.05) is 0 Å². The van der Waals surface area contributed by atoms with Crippen LogP contribution in [0.4, 0.5) is 0 Å². The van der Waals surface area contributed by atoms with E-state index in [4.69, 9.17) is 23.2 Å². The van der Waals surface area contributed by atoms with Crippen LogP contribution in [0, 0.1) is 6.92 Å². The number of benzene rings is 1. The molecular formula is C13H14Cl2N4O. The van der Waals surface area contributed by atoms with Gasteiger partial charge in [-0.2, -0.15) is 5.10 Å². The molecule has 0 aliphatic heterocycles. The van der Waals surface area contributed by atoms with Crippen LogP contribution in [0.2, 0.25) is 10.0 Å². The van der Waals surface area contributed by atoms with Gasteiger partial charge in [0.1, 0.15) is 12.7 Å². The lowest BCUT2D eigenvalue weighted by molar-refractivity contribution is 0.0936. The van der Waals surface area contributed by atoms with Crippen molar-refractivity contribution in [2.45, 2.75) is 26.4 Å². The zero-order chi connectivity index (χ0) is 14.7. The van der Waals surface area contributed by atoms with Crippen molar-refractivity contribution in [2.24, 2.45) is 0 Å². The van der Waals surface area contributed by atoms with Crippen molar-refractivity contribution in [3.05, 3.63) is 46.0 Å². The molecule has 0 unspecified atom stereocenters. The maximum absolute atomic E-state index is 12.1. The molecule has 1 amide bonds. The van der Waals surface area contributed by atoms with E-state index in [1.54, 1.807) is 30.1 Å². The second kappa shape index (κ2) is 6.24. The average Bonchev–Trinajstić information content (AvgIpc) is 2.87. The number of hydrogen-bond acceptors (Lipinski definition) is 3. The molecule has 2 aromatic rings. The number of aromatic nitrogens is 3. The fraction of sp³-hybridized carbons (Fsp3) is 0.308. The Morgan fingerprint density at radius 2 is 2.05 bits per heavy atom. The van der Waals surface area contributed by atoms with Gasteiger partial charge >= 0.3 is 0 Å². The van der Waals surface area contributed by atoms with Crippen molar-refractivity contribution in [1.29, 1.82) is 0 Å². The maximum Gasteiger partial charge on any atom is 0.251 e. The number of rotatable bonds is 4. The zero-order valence-corrected chi connectivity index (χ0v) is 12.6. The van der Waals surface area contributed by atoms with Gasteiger partial charge in [0.25, 0.3) is 5.91 Å². The van der Waals surface area contributed by atoms with Crippen molar-refractivity contribution in [1.82, 2.24) is 20.1 Å². The molecule has 2 rings (SSSR count). The largest absolute Gasteiger partial charge is 0.348 e. The molecule has 1 atom stereocenters. The van der Waals surface area contributed by atoms with Crippen LogP contribution in [-0.2, 0) is 6.54 Å². The minimum atomic E-state index is -0.221. The molecule has 0 fully saturated rings. The first-order valence-corrected chi connectivity index (χ1v) is 6.82. The lowest BCUT2D eigenvalue weighted by Crippen LogP contribution is -2.35. The molecule has 0 bridgehead atoms. The highest BCUT2D eigenvalue weighted by Crippen LogP contribution is 2.25. The second-order valence-corrected chi connectivity index (χ2v) is 5.37. The van der Waals surface area contributed by atoms with Gasteiger partial charge in [0.15, 0.2) is 0 Å². The smallest absolute Gasteiger partial charge is 0.251 e. The lowest BCUT2D eigenvalue weighted by atomic mass is 10.1. The number of carbonyl (C=O) groups is 1. The van der Waals surface area contributed by atoms with Crippen LogP contribution in [-0.4, -0.2) is 26.7 Å². The highest BCUT2D eigenvalue weighted by atomic mass is 35.5. The first-order valence-electron chi connectivity index (χ1n) is 6.06. The van der Waals surface area contributed by atoms with E-state index < -0.39 is 0 Å². The van der Waals surface area contributed by atoms with Crippen LogP contribution >= 0.6 is 23.2 Å². The van der Waals surface area contributed by atoms with Crippen molar-refractivity contribution in [3.8, 4) is 0 Å². The molecule has 0 saturated carbocycles. The number of amides is 1. The van der Waals surface area contributed by atoms with Gasteiger partial charge in [0.2, 0.25) is 0 Å². The molecule has 1 N–H and O–H groups in total. The Kier molecular flexibility index (Phi) is 4.62. The van der Waals surface area contributed by atoms with E-state index in [0.717, 1.165) is 5.56 Å². The third kappa shape index (κ3) is 3.49. The van der Waals surface area contributed by atoms with Crippen LogP contribution in [0.15, 0.2) is 24.8 Å². The van der Waals surface area contributed by atoms with Gasteiger partial charge in [-0.1, -0.05) is 23.2 Å². The summed E-state index contributed by atoms with van der Waals surface area (Å²) in [6, 6.07) is 3.13. The van der Waals surface area contributed by atoms with E-state index in [1.807, 2.05) is 6.92 Å². The zero-order valence-electron chi connectivity index (χ0n) is 11.1. The van der Waals surface area contributed by atoms with Gasteiger partial charge < -0.3 is 5.32 Å². The van der Waals surface area contributed by atoms with Crippen molar-refractivity contribution < 1.29 is 4.79 Å². The maximum atomic E-state index is 12.1. The summed E-state index contributed by atoms with van der Waals surface area (Å²) in [6.45, 7) is 4.23. The summed E-state index contributed by atoms with van der Waals surface area (Å²) in [7, 11) is 0. The highest BCUT2D eigenvalue weighted by molar-refractivity contribution is 6.36. The quantitative estimate of drug-likeness (QED) is 0.944. The molecule has 5 nitrogen and oxygen atoms in total.